The highest BCUT2D eigenvalue weighted by Crippen LogP contribution is 2.26. The maximum Gasteiger partial charge on any atom is 0.490 e. The highest BCUT2D eigenvalue weighted by atomic mass is 19.4. The summed E-state index contributed by atoms with van der Waals surface area (Å²) in [4.78, 5) is 38.7. The zero-order valence-corrected chi connectivity index (χ0v) is 18.6. The summed E-state index contributed by atoms with van der Waals surface area (Å²) >= 11 is 0. The van der Waals surface area contributed by atoms with Crippen LogP contribution in [0, 0.1) is 0 Å². The van der Waals surface area contributed by atoms with Crippen LogP contribution in [-0.2, 0) is 22.4 Å². The number of urea groups is 1. The van der Waals surface area contributed by atoms with E-state index >= 15 is 0 Å². The number of anilines is 2. The highest BCUT2D eigenvalue weighted by Gasteiger charge is 2.38. The summed E-state index contributed by atoms with van der Waals surface area (Å²) < 4.78 is 37.2. The Labute approximate surface area is 184 Å². The zero-order chi connectivity index (χ0) is 24.1. The number of aromatic nitrogens is 2. The van der Waals surface area contributed by atoms with E-state index in [2.05, 4.69) is 4.90 Å². The summed E-state index contributed by atoms with van der Waals surface area (Å²) in [5.74, 6) is -1.02. The maximum absolute atomic E-state index is 12.3. The lowest BCUT2D eigenvalue weighted by atomic mass is 10.1. The molecule has 2 amide bonds. The molecule has 1 N–H and O–H groups in total. The number of alkyl halides is 3. The largest absolute Gasteiger partial charge is 0.490 e. The van der Waals surface area contributed by atoms with Gasteiger partial charge < -0.3 is 29.4 Å². The molecule has 1 aromatic heterocycles. The first kappa shape index (κ1) is 25.4. The van der Waals surface area contributed by atoms with E-state index in [1.165, 1.54) is 0 Å². The first-order chi connectivity index (χ1) is 14.9. The van der Waals surface area contributed by atoms with Gasteiger partial charge in [-0.25, -0.2) is 14.6 Å². The van der Waals surface area contributed by atoms with Crippen molar-refractivity contribution in [3.05, 3.63) is 11.3 Å². The average Bonchev–Trinajstić information content (AvgIpc) is 2.95. The quantitative estimate of drug-likeness (QED) is 0.697. The van der Waals surface area contributed by atoms with Crippen LogP contribution in [0.5, 0.6) is 0 Å². The van der Waals surface area contributed by atoms with Gasteiger partial charge in [0.05, 0.1) is 18.9 Å². The van der Waals surface area contributed by atoms with E-state index in [0.717, 1.165) is 49.0 Å². The van der Waals surface area contributed by atoms with Crippen LogP contribution in [0.3, 0.4) is 0 Å². The Morgan fingerprint density at radius 1 is 1.00 bits per heavy atom. The van der Waals surface area contributed by atoms with Crippen molar-refractivity contribution in [3.8, 4) is 0 Å². The number of carbonyl (C=O) groups excluding carboxylic acids is 1. The van der Waals surface area contributed by atoms with Gasteiger partial charge in [-0.15, -0.1) is 0 Å². The zero-order valence-electron chi connectivity index (χ0n) is 18.6. The van der Waals surface area contributed by atoms with Crippen molar-refractivity contribution in [3.63, 3.8) is 0 Å². The van der Waals surface area contributed by atoms with Crippen molar-refractivity contribution in [2.45, 2.75) is 19.0 Å². The van der Waals surface area contributed by atoms with Gasteiger partial charge in [-0.1, -0.05) is 0 Å². The van der Waals surface area contributed by atoms with E-state index in [4.69, 9.17) is 24.6 Å². The molecule has 3 heterocycles. The van der Waals surface area contributed by atoms with E-state index in [1.54, 1.807) is 19.0 Å². The topological polar surface area (TPSA) is 102 Å². The first-order valence-electron chi connectivity index (χ1n) is 10.1. The Bertz CT molecular complexity index is 813. The predicted molar refractivity (Wildman–Crippen MR) is 111 cm³/mol. The molecule has 0 spiro atoms. The van der Waals surface area contributed by atoms with E-state index in [-0.39, 0.29) is 6.03 Å². The lowest BCUT2D eigenvalue weighted by molar-refractivity contribution is -0.192. The number of hydrogen-bond acceptors (Lipinski definition) is 7. The van der Waals surface area contributed by atoms with E-state index in [9.17, 15) is 18.0 Å². The normalized spacial score (nSPS) is 16.3. The number of hydrogen-bond donors (Lipinski definition) is 1. The molecular formula is C19H29F3N6O4. The summed E-state index contributed by atoms with van der Waals surface area (Å²) in [5, 5.41) is 7.12. The summed E-state index contributed by atoms with van der Waals surface area (Å²) in [5.41, 5.74) is 2.23. The van der Waals surface area contributed by atoms with Crippen molar-refractivity contribution in [1.29, 1.82) is 0 Å². The van der Waals surface area contributed by atoms with Crippen LogP contribution in [0.25, 0.3) is 0 Å². The molecule has 13 heteroatoms. The fourth-order valence-corrected chi connectivity index (χ4v) is 3.32. The van der Waals surface area contributed by atoms with Gasteiger partial charge in [0, 0.05) is 66.4 Å². The van der Waals surface area contributed by atoms with Gasteiger partial charge in [0.15, 0.2) is 0 Å². The number of halogens is 3. The molecule has 1 saturated heterocycles. The number of aliphatic carboxylic acids is 1. The Morgan fingerprint density at radius 2 is 1.56 bits per heavy atom. The van der Waals surface area contributed by atoms with Crippen molar-refractivity contribution in [2.75, 3.05) is 77.4 Å². The Morgan fingerprint density at radius 3 is 2.06 bits per heavy atom. The first-order valence-corrected chi connectivity index (χ1v) is 10.1. The molecule has 0 bridgehead atoms. The number of ether oxygens (including phenoxy) is 1. The van der Waals surface area contributed by atoms with E-state index in [0.29, 0.717) is 26.3 Å². The molecule has 1 aromatic rings. The number of rotatable bonds is 2. The molecule has 0 atom stereocenters. The molecular weight excluding hydrogens is 433 g/mol. The number of morpholine rings is 1. The molecule has 10 nitrogen and oxygen atoms in total. The predicted octanol–water partition coefficient (Wildman–Crippen LogP) is 1.09. The minimum absolute atomic E-state index is 0.0561. The molecule has 0 aliphatic carbocycles. The number of carboxylic acids is 1. The molecule has 2 aliphatic heterocycles. The minimum Gasteiger partial charge on any atom is -0.475 e. The molecule has 1 fully saturated rings. The summed E-state index contributed by atoms with van der Waals surface area (Å²) in [6.07, 6.45) is -3.54. The second-order valence-corrected chi connectivity index (χ2v) is 7.73. The number of amides is 2. The number of nitrogens with zero attached hydrogens (tertiary/aromatic N) is 6. The van der Waals surface area contributed by atoms with Crippen molar-refractivity contribution in [2.24, 2.45) is 0 Å². The van der Waals surface area contributed by atoms with E-state index < -0.39 is 12.1 Å². The van der Waals surface area contributed by atoms with Gasteiger partial charge >= 0.3 is 18.2 Å². The average molecular weight is 462 g/mol. The van der Waals surface area contributed by atoms with Crippen LogP contribution >= 0.6 is 0 Å². The van der Waals surface area contributed by atoms with Crippen LogP contribution in [0.4, 0.5) is 29.7 Å². The smallest absolute Gasteiger partial charge is 0.475 e. The minimum atomic E-state index is -5.08. The van der Waals surface area contributed by atoms with Crippen LogP contribution in [-0.4, -0.2) is 111 Å². The standard InChI is InChI=1S/C17H28N6O2.C2HF3O2/c1-20(2)15-13-5-7-23(17(24)21(3)4)8-6-14(13)18-16(19-15)22-9-11-25-12-10-22;3-2(4,5)1(6)7/h5-12H2,1-4H3;(H,6,7). The maximum atomic E-state index is 12.3. The molecule has 180 valence electrons. The summed E-state index contributed by atoms with van der Waals surface area (Å²) in [7, 11) is 7.61. The number of fused-ring (bicyclic) bond motifs is 1. The number of carboxylic acid groups (broad SMARTS) is 1. The van der Waals surface area contributed by atoms with Crippen LogP contribution < -0.4 is 9.80 Å². The van der Waals surface area contributed by atoms with E-state index in [1.807, 2.05) is 23.9 Å². The fraction of sp³-hybridized carbons (Fsp3) is 0.684. The van der Waals surface area contributed by atoms with Gasteiger partial charge in [-0.3, -0.25) is 0 Å². The fourth-order valence-electron chi connectivity index (χ4n) is 3.32. The molecule has 0 saturated carbocycles. The number of carbonyl (C=O) groups is 2. The second kappa shape index (κ2) is 10.7. The van der Waals surface area contributed by atoms with Gasteiger partial charge in [0.2, 0.25) is 5.95 Å². The lowest BCUT2D eigenvalue weighted by Crippen LogP contribution is -2.40. The molecule has 0 unspecified atom stereocenters. The molecule has 0 radical (unpaired) electrons. The third kappa shape index (κ3) is 6.58. The Balaban J connectivity index is 0.000000451. The van der Waals surface area contributed by atoms with Gasteiger partial charge in [0.1, 0.15) is 5.82 Å². The SMILES string of the molecule is CN(C)C(=O)N1CCc2nc(N3CCOCC3)nc(N(C)C)c2CC1.O=C(O)C(F)(F)F. The van der Waals surface area contributed by atoms with Crippen molar-refractivity contribution < 1.29 is 32.6 Å². The van der Waals surface area contributed by atoms with Crippen LogP contribution in [0.2, 0.25) is 0 Å². The van der Waals surface area contributed by atoms with Gasteiger partial charge in [-0.2, -0.15) is 18.2 Å². The third-order valence-electron chi connectivity index (χ3n) is 4.92. The van der Waals surface area contributed by atoms with Crippen LogP contribution in [0.15, 0.2) is 0 Å². The molecule has 3 rings (SSSR count). The Kier molecular flexibility index (Phi) is 8.47. The summed E-state index contributed by atoms with van der Waals surface area (Å²) in [6, 6.07) is 0.0561. The molecule has 0 aromatic carbocycles. The van der Waals surface area contributed by atoms with Crippen molar-refractivity contribution >= 4 is 23.8 Å². The molecule has 32 heavy (non-hydrogen) atoms. The Hall–Kier alpha value is -2.83. The van der Waals surface area contributed by atoms with Crippen LogP contribution in [0.1, 0.15) is 11.3 Å². The van der Waals surface area contributed by atoms with Gasteiger partial charge in [0.25, 0.3) is 0 Å². The van der Waals surface area contributed by atoms with Crippen molar-refractivity contribution in [1.82, 2.24) is 19.8 Å². The second-order valence-electron chi connectivity index (χ2n) is 7.73. The lowest BCUT2D eigenvalue weighted by Gasteiger charge is -2.28. The monoisotopic (exact) mass is 462 g/mol. The molecule has 2 aliphatic rings. The van der Waals surface area contributed by atoms with Gasteiger partial charge in [-0.05, 0) is 6.42 Å². The summed E-state index contributed by atoms with van der Waals surface area (Å²) in [6.45, 7) is 4.45. The highest BCUT2D eigenvalue weighted by molar-refractivity contribution is 5.74. The third-order valence-corrected chi connectivity index (χ3v) is 4.92.